The molecule has 8 nitrogen and oxygen atoms in total. The third kappa shape index (κ3) is 6.37. The summed E-state index contributed by atoms with van der Waals surface area (Å²) in [4.78, 5) is 15.1. The van der Waals surface area contributed by atoms with E-state index in [1.165, 1.54) is 19.2 Å². The van der Waals surface area contributed by atoms with E-state index in [2.05, 4.69) is 10.3 Å². The molecule has 0 spiro atoms. The van der Waals surface area contributed by atoms with Crippen molar-refractivity contribution in [3.8, 4) is 16.9 Å². The number of aliphatic hydroxyl groups excluding tert-OH is 2. The van der Waals surface area contributed by atoms with Gasteiger partial charge in [-0.3, -0.25) is 0 Å². The number of esters is 1. The van der Waals surface area contributed by atoms with E-state index in [1.54, 1.807) is 36.4 Å². The molecule has 1 fully saturated rings. The number of pyridine rings is 1. The Bertz CT molecular complexity index is 1200. The van der Waals surface area contributed by atoms with Gasteiger partial charge in [-0.05, 0) is 47.5 Å². The van der Waals surface area contributed by atoms with Gasteiger partial charge in [-0.15, -0.1) is 0 Å². The van der Waals surface area contributed by atoms with Crippen molar-refractivity contribution in [2.24, 2.45) is 0 Å². The van der Waals surface area contributed by atoms with Gasteiger partial charge in [-0.2, -0.15) is 13.2 Å². The van der Waals surface area contributed by atoms with E-state index in [-0.39, 0.29) is 19.0 Å². The zero-order valence-corrected chi connectivity index (χ0v) is 19.7. The van der Waals surface area contributed by atoms with Gasteiger partial charge >= 0.3 is 12.1 Å². The van der Waals surface area contributed by atoms with E-state index in [4.69, 9.17) is 14.2 Å². The number of hydrogen-bond acceptors (Lipinski definition) is 8. The zero-order chi connectivity index (χ0) is 26.6. The van der Waals surface area contributed by atoms with Crippen molar-refractivity contribution in [2.75, 3.05) is 25.6 Å². The Balaban J connectivity index is 1.31. The molecule has 1 aromatic heterocycles. The van der Waals surface area contributed by atoms with Gasteiger partial charge in [0, 0.05) is 0 Å². The van der Waals surface area contributed by atoms with Gasteiger partial charge in [0.25, 0.3) is 0 Å². The molecule has 0 amide bonds. The van der Waals surface area contributed by atoms with Crippen LogP contribution in [0.5, 0.6) is 5.75 Å². The SMILES string of the molecule is COC(=O)c1ccc(-c2ccc(OC[C@H]3OC[C@H](Nc4cccc(C(F)(F)F)n4)[C@@H](O)[C@H]3O)cc2)cc1. The molecule has 0 unspecified atom stereocenters. The predicted octanol–water partition coefficient (Wildman–Crippen LogP) is 3.53. The first-order chi connectivity index (χ1) is 17.7. The number of alkyl halides is 3. The molecule has 3 aromatic rings. The number of aliphatic hydroxyl groups is 2. The summed E-state index contributed by atoms with van der Waals surface area (Å²) in [5.41, 5.74) is 1.16. The van der Waals surface area contributed by atoms with E-state index < -0.39 is 42.2 Å². The largest absolute Gasteiger partial charge is 0.491 e. The number of aromatic nitrogens is 1. The van der Waals surface area contributed by atoms with E-state index in [0.717, 1.165) is 17.2 Å². The lowest BCUT2D eigenvalue weighted by Crippen LogP contribution is -2.57. The Labute approximate surface area is 210 Å². The number of hydrogen-bond donors (Lipinski definition) is 3. The summed E-state index contributed by atoms with van der Waals surface area (Å²) in [6.07, 6.45) is -8.12. The van der Waals surface area contributed by atoms with Gasteiger partial charge in [0.15, 0.2) is 0 Å². The van der Waals surface area contributed by atoms with Crippen LogP contribution in [-0.2, 0) is 15.7 Å². The maximum atomic E-state index is 12.9. The maximum Gasteiger partial charge on any atom is 0.433 e. The average molecular weight is 518 g/mol. The fourth-order valence-electron chi connectivity index (χ4n) is 3.86. The van der Waals surface area contributed by atoms with E-state index in [0.29, 0.717) is 11.3 Å². The second-order valence-electron chi connectivity index (χ2n) is 8.41. The number of carbonyl (C=O) groups excluding carboxylic acids is 1. The fraction of sp³-hybridized carbons (Fsp3) is 0.308. The number of carbonyl (C=O) groups is 1. The maximum absolute atomic E-state index is 12.9. The molecular weight excluding hydrogens is 493 g/mol. The number of methoxy groups -OCH3 is 1. The van der Waals surface area contributed by atoms with Crippen LogP contribution < -0.4 is 10.1 Å². The average Bonchev–Trinajstić information content (AvgIpc) is 2.90. The molecule has 2 heterocycles. The van der Waals surface area contributed by atoms with Crippen LogP contribution in [0.4, 0.5) is 19.0 Å². The van der Waals surface area contributed by atoms with Crippen molar-refractivity contribution >= 4 is 11.8 Å². The molecule has 0 radical (unpaired) electrons. The van der Waals surface area contributed by atoms with Crippen molar-refractivity contribution in [3.05, 3.63) is 78.0 Å². The first kappa shape index (κ1) is 26.4. The quantitative estimate of drug-likeness (QED) is 0.408. The van der Waals surface area contributed by atoms with Crippen LogP contribution in [0.1, 0.15) is 16.1 Å². The smallest absolute Gasteiger partial charge is 0.433 e. The van der Waals surface area contributed by atoms with Crippen LogP contribution in [0.15, 0.2) is 66.7 Å². The molecule has 1 saturated heterocycles. The number of nitrogens with zero attached hydrogens (tertiary/aromatic N) is 1. The highest BCUT2D eigenvalue weighted by molar-refractivity contribution is 5.89. The summed E-state index contributed by atoms with van der Waals surface area (Å²) < 4.78 is 54.7. The van der Waals surface area contributed by atoms with Gasteiger partial charge < -0.3 is 29.7 Å². The number of nitrogens with one attached hydrogen (secondary N) is 1. The van der Waals surface area contributed by atoms with Crippen LogP contribution >= 0.6 is 0 Å². The molecule has 1 aliphatic heterocycles. The van der Waals surface area contributed by atoms with Crippen molar-refractivity contribution in [1.82, 2.24) is 4.98 Å². The lowest BCUT2D eigenvalue weighted by atomic mass is 9.98. The number of rotatable bonds is 7. The second kappa shape index (κ2) is 11.2. The minimum absolute atomic E-state index is 0.0556. The molecule has 0 aliphatic carbocycles. The molecule has 3 N–H and O–H groups in total. The minimum Gasteiger partial charge on any atom is -0.491 e. The fourth-order valence-corrected chi connectivity index (χ4v) is 3.86. The van der Waals surface area contributed by atoms with Crippen molar-refractivity contribution in [2.45, 2.75) is 30.5 Å². The molecule has 1 aliphatic rings. The second-order valence-corrected chi connectivity index (χ2v) is 8.41. The Hall–Kier alpha value is -3.67. The highest BCUT2D eigenvalue weighted by Crippen LogP contribution is 2.29. The van der Waals surface area contributed by atoms with Crippen LogP contribution in [0, 0.1) is 0 Å². The highest BCUT2D eigenvalue weighted by Gasteiger charge is 2.39. The topological polar surface area (TPSA) is 110 Å². The predicted molar refractivity (Wildman–Crippen MR) is 127 cm³/mol. The molecule has 0 saturated carbocycles. The van der Waals surface area contributed by atoms with Gasteiger partial charge in [-0.25, -0.2) is 9.78 Å². The minimum atomic E-state index is -4.60. The Morgan fingerprint density at radius 2 is 1.68 bits per heavy atom. The van der Waals surface area contributed by atoms with Crippen LogP contribution in [0.2, 0.25) is 0 Å². The third-order valence-electron chi connectivity index (χ3n) is 5.91. The number of ether oxygens (including phenoxy) is 3. The van der Waals surface area contributed by atoms with Crippen LogP contribution in [0.3, 0.4) is 0 Å². The number of halogens is 3. The van der Waals surface area contributed by atoms with Gasteiger partial charge in [0.2, 0.25) is 0 Å². The van der Waals surface area contributed by atoms with Gasteiger partial charge in [-0.1, -0.05) is 30.3 Å². The van der Waals surface area contributed by atoms with E-state index in [9.17, 15) is 28.2 Å². The zero-order valence-electron chi connectivity index (χ0n) is 19.7. The summed E-state index contributed by atoms with van der Waals surface area (Å²) in [5, 5.41) is 23.7. The summed E-state index contributed by atoms with van der Waals surface area (Å²) in [7, 11) is 1.32. The summed E-state index contributed by atoms with van der Waals surface area (Å²) in [6, 6.07) is 16.6. The highest BCUT2D eigenvalue weighted by atomic mass is 19.4. The number of anilines is 1. The third-order valence-corrected chi connectivity index (χ3v) is 5.91. The van der Waals surface area contributed by atoms with Gasteiger partial charge in [0.1, 0.15) is 42.2 Å². The Kier molecular flexibility index (Phi) is 7.96. The van der Waals surface area contributed by atoms with E-state index >= 15 is 0 Å². The first-order valence-corrected chi connectivity index (χ1v) is 11.4. The Morgan fingerprint density at radius 3 is 2.30 bits per heavy atom. The first-order valence-electron chi connectivity index (χ1n) is 11.4. The normalized spacial score (nSPS) is 21.8. The summed E-state index contributed by atoms with van der Waals surface area (Å²) in [5.74, 6) is -0.00000255. The molecular formula is C26H25F3N2O6. The lowest BCUT2D eigenvalue weighted by molar-refractivity contribution is -0.150. The van der Waals surface area contributed by atoms with Crippen LogP contribution in [-0.4, -0.2) is 65.8 Å². The summed E-state index contributed by atoms with van der Waals surface area (Å²) in [6.45, 7) is -0.134. The van der Waals surface area contributed by atoms with Crippen molar-refractivity contribution < 1.29 is 42.4 Å². The molecule has 4 atom stereocenters. The molecule has 196 valence electrons. The van der Waals surface area contributed by atoms with Crippen LogP contribution in [0.25, 0.3) is 11.1 Å². The Morgan fingerprint density at radius 1 is 1.03 bits per heavy atom. The summed E-state index contributed by atoms with van der Waals surface area (Å²) >= 11 is 0. The monoisotopic (exact) mass is 518 g/mol. The molecule has 11 heteroatoms. The van der Waals surface area contributed by atoms with Gasteiger partial charge in [0.05, 0.1) is 25.3 Å². The number of benzene rings is 2. The van der Waals surface area contributed by atoms with Crippen molar-refractivity contribution in [1.29, 1.82) is 0 Å². The van der Waals surface area contributed by atoms with Crippen molar-refractivity contribution in [3.63, 3.8) is 0 Å². The molecule has 0 bridgehead atoms. The molecule has 4 rings (SSSR count). The standard InChI is InChI=1S/C26H25F3N2O6/c1-35-25(34)17-7-5-15(6-8-17)16-9-11-18(12-10-16)36-14-20-24(33)23(32)19(13-37-20)30-22-4-2-3-21(31-22)26(27,28)29/h2-12,19-20,23-24,32-33H,13-14H2,1H3,(H,30,31)/t19-,20+,23+,24-/m0/s1. The lowest BCUT2D eigenvalue weighted by Gasteiger charge is -2.38. The molecule has 37 heavy (non-hydrogen) atoms. The molecule has 2 aromatic carbocycles. The van der Waals surface area contributed by atoms with E-state index in [1.807, 2.05) is 12.1 Å².